The monoisotopic (exact) mass is 1020 g/mol. The molecule has 6 aromatic carbocycles. The Balaban J connectivity index is 0.00000374. The molecular formula is C37H32N6Na4O15S4. The van der Waals surface area contributed by atoms with Gasteiger partial charge in [0, 0.05) is 141 Å². The summed E-state index contributed by atoms with van der Waals surface area (Å²) in [5.74, 6) is 0.337. The Bertz CT molecular complexity index is 3420. The normalized spacial score (nSPS) is 12.3. The number of nitrogens with zero attached hydrogens (tertiary/aromatic N) is 5. The molecule has 328 valence electrons. The van der Waals surface area contributed by atoms with Crippen molar-refractivity contribution < 1.29 is 66.5 Å². The SMILES string of the molecule is COc1cc(N=Nc2ccc3cc(S(=O)(=O)O)cc(S(=O)(=O)O)c3c2)c(C)cc1N=C(O)Nc1cc(C)c(N=Nc2ccc3cc(S(=O)(=O)O)cc(S(=O)(=O)O)c3c2)cc1OC.[Na].[Na].[Na].[Na]. The van der Waals surface area contributed by atoms with Gasteiger partial charge in [0.05, 0.1) is 52.4 Å². The minimum Gasteiger partial charge on any atom is -0.494 e. The summed E-state index contributed by atoms with van der Waals surface area (Å²) in [6.45, 7) is 3.33. The molecule has 0 saturated carbocycles. The van der Waals surface area contributed by atoms with Crippen LogP contribution in [0.5, 0.6) is 11.5 Å². The molecule has 0 aromatic heterocycles. The topological polar surface area (TPSA) is 330 Å². The molecule has 0 bridgehead atoms. The van der Waals surface area contributed by atoms with Crippen molar-refractivity contribution in [2.24, 2.45) is 25.4 Å². The van der Waals surface area contributed by atoms with Crippen LogP contribution in [0.15, 0.2) is 130 Å². The van der Waals surface area contributed by atoms with E-state index in [1.807, 2.05) is 0 Å². The quantitative estimate of drug-likeness (QED) is 0.0248. The van der Waals surface area contributed by atoms with Gasteiger partial charge in [-0.2, -0.15) is 59.1 Å². The number of aliphatic imine (C=N–C) groups is 1. The van der Waals surface area contributed by atoms with Crippen molar-refractivity contribution in [2.75, 3.05) is 19.5 Å². The molecule has 0 heterocycles. The van der Waals surface area contributed by atoms with Crippen molar-refractivity contribution >= 4 is 220 Å². The summed E-state index contributed by atoms with van der Waals surface area (Å²) in [7, 11) is -16.8. The Morgan fingerprint density at radius 2 is 0.909 bits per heavy atom. The molecule has 6 N–H and O–H groups in total. The first-order valence-corrected chi connectivity index (χ1v) is 22.9. The maximum absolute atomic E-state index is 12.1. The van der Waals surface area contributed by atoms with Gasteiger partial charge in [0.25, 0.3) is 46.5 Å². The number of amidine groups is 1. The fourth-order valence-corrected chi connectivity index (χ4v) is 8.67. The fraction of sp³-hybridized carbons (Fsp3) is 0.108. The number of rotatable bonds is 12. The average Bonchev–Trinajstić information content (AvgIpc) is 3.17. The summed E-state index contributed by atoms with van der Waals surface area (Å²) >= 11 is 0. The summed E-state index contributed by atoms with van der Waals surface area (Å²) in [4.78, 5) is 1.21. The van der Waals surface area contributed by atoms with E-state index in [0.29, 0.717) is 23.3 Å². The Labute approximate surface area is 466 Å². The molecule has 0 saturated heterocycles. The van der Waals surface area contributed by atoms with Crippen LogP contribution in [-0.4, -0.2) is 195 Å². The van der Waals surface area contributed by atoms with E-state index in [-0.39, 0.29) is 185 Å². The number of hydrogen-bond acceptors (Lipinski definition) is 15. The summed E-state index contributed by atoms with van der Waals surface area (Å²) in [6, 6.07) is 16.7. The molecule has 0 atom stereocenters. The van der Waals surface area contributed by atoms with Crippen LogP contribution in [0.3, 0.4) is 0 Å². The predicted octanol–water partition coefficient (Wildman–Crippen LogP) is 6.58. The number of ether oxygens (including phenoxy) is 2. The third kappa shape index (κ3) is 14.3. The van der Waals surface area contributed by atoms with Crippen molar-refractivity contribution in [1.29, 1.82) is 0 Å². The van der Waals surface area contributed by atoms with E-state index in [1.54, 1.807) is 19.9 Å². The second kappa shape index (κ2) is 23.4. The van der Waals surface area contributed by atoms with Gasteiger partial charge in [0.1, 0.15) is 27.0 Å². The van der Waals surface area contributed by atoms with Crippen molar-refractivity contribution in [3.8, 4) is 11.5 Å². The first kappa shape index (κ1) is 59.7. The zero-order valence-electron chi connectivity index (χ0n) is 36.3. The molecule has 0 fully saturated rings. The Kier molecular flexibility index (Phi) is 21.2. The van der Waals surface area contributed by atoms with Crippen LogP contribution in [0.1, 0.15) is 11.1 Å². The number of aliphatic hydroxyl groups excluding tert-OH is 1. The van der Waals surface area contributed by atoms with E-state index in [1.165, 1.54) is 68.8 Å². The second-order valence-corrected chi connectivity index (χ2v) is 18.8. The number of aliphatic hydroxyl groups is 1. The van der Waals surface area contributed by atoms with Crippen LogP contribution in [0, 0.1) is 13.8 Å². The third-order valence-electron chi connectivity index (χ3n) is 8.93. The number of methoxy groups -OCH3 is 2. The first-order valence-electron chi connectivity index (χ1n) is 17.2. The van der Waals surface area contributed by atoms with Crippen molar-refractivity contribution in [2.45, 2.75) is 33.4 Å². The van der Waals surface area contributed by atoms with E-state index in [4.69, 9.17) is 9.47 Å². The number of hydrogen-bond donors (Lipinski definition) is 6. The van der Waals surface area contributed by atoms with Crippen LogP contribution in [0.2, 0.25) is 0 Å². The predicted molar refractivity (Wildman–Crippen MR) is 247 cm³/mol. The zero-order valence-corrected chi connectivity index (χ0v) is 47.5. The number of nitrogens with one attached hydrogen (secondary N) is 1. The molecule has 29 heteroatoms. The number of aryl methyl sites for hydroxylation is 2. The molecule has 0 aliphatic rings. The summed E-state index contributed by atoms with van der Waals surface area (Å²) in [6.07, 6.45) is 0. The Hall–Kier alpha value is -2.45. The second-order valence-electron chi connectivity index (χ2n) is 13.2. The molecule has 6 rings (SSSR count). The Morgan fingerprint density at radius 1 is 0.500 bits per heavy atom. The van der Waals surface area contributed by atoms with E-state index in [9.17, 15) is 57.0 Å². The van der Waals surface area contributed by atoms with E-state index in [2.05, 4.69) is 30.8 Å². The van der Waals surface area contributed by atoms with E-state index in [0.717, 1.165) is 12.1 Å². The summed E-state index contributed by atoms with van der Waals surface area (Å²) in [5, 5.41) is 30.3. The Morgan fingerprint density at radius 3 is 1.30 bits per heavy atom. The van der Waals surface area contributed by atoms with Crippen molar-refractivity contribution in [1.82, 2.24) is 0 Å². The van der Waals surface area contributed by atoms with Gasteiger partial charge in [0.2, 0.25) is 0 Å². The molecular weight excluding hydrogens is 989 g/mol. The maximum Gasteiger partial charge on any atom is 0.295 e. The molecule has 4 radical (unpaired) electrons. The van der Waals surface area contributed by atoms with Crippen LogP contribution in [0.4, 0.5) is 34.1 Å². The summed E-state index contributed by atoms with van der Waals surface area (Å²) in [5.41, 5.74) is 2.24. The van der Waals surface area contributed by atoms with Gasteiger partial charge in [-0.25, -0.2) is 0 Å². The van der Waals surface area contributed by atoms with Crippen LogP contribution in [0.25, 0.3) is 21.5 Å². The van der Waals surface area contributed by atoms with Crippen molar-refractivity contribution in [3.63, 3.8) is 0 Å². The molecule has 21 nitrogen and oxygen atoms in total. The maximum atomic E-state index is 12.1. The van der Waals surface area contributed by atoms with Gasteiger partial charge in [0.15, 0.2) is 0 Å². The van der Waals surface area contributed by atoms with E-state index < -0.39 is 66.1 Å². The standard InChI is InChI=1S/C37H32N6O15S4.4Na/c1-19-9-31(33(57-3)17-29(19)42-40-23-7-5-21-11-25(59(45,46)47)15-35(27(21)13-23)61(51,52)53)38-37(44)39-32-10-20(2)30(18-34(32)58-4)43-41-24-8-6-22-12-26(60(48,49)50)16-36(28(22)14-24)62(54,55)56;;;;/h5-18H,1-4H3,(H2,38,39,44)(H,45,46,47)(H,48,49,50)(H,51,52,53)(H,54,55,56);;;;. The zero-order chi connectivity index (χ0) is 45.5. The van der Waals surface area contributed by atoms with Gasteiger partial charge >= 0.3 is 0 Å². The smallest absolute Gasteiger partial charge is 0.295 e. The minimum atomic E-state index is -4.94. The molecule has 0 amide bonds. The van der Waals surface area contributed by atoms with Gasteiger partial charge in [-0.15, -0.1) is 0 Å². The first-order chi connectivity index (χ1) is 28.8. The van der Waals surface area contributed by atoms with Gasteiger partial charge in [-0.05, 0) is 96.4 Å². The minimum absolute atomic E-state index is 0. The van der Waals surface area contributed by atoms with Gasteiger partial charge in [-0.3, -0.25) is 18.2 Å². The van der Waals surface area contributed by atoms with E-state index >= 15 is 0 Å². The van der Waals surface area contributed by atoms with Gasteiger partial charge in [-0.1, -0.05) is 12.1 Å². The van der Waals surface area contributed by atoms with Crippen LogP contribution in [-0.2, 0) is 40.5 Å². The molecule has 6 aromatic rings. The van der Waals surface area contributed by atoms with Crippen LogP contribution < -0.4 is 14.8 Å². The molecule has 0 spiro atoms. The van der Waals surface area contributed by atoms with Gasteiger partial charge < -0.3 is 19.9 Å². The molecule has 0 unspecified atom stereocenters. The average molecular weight is 1020 g/mol. The molecule has 0 aliphatic heterocycles. The molecule has 66 heavy (non-hydrogen) atoms. The summed E-state index contributed by atoms with van der Waals surface area (Å²) < 4.78 is 144. The fourth-order valence-electron chi connectivity index (χ4n) is 5.98. The number of azo groups is 2. The third-order valence-corrected chi connectivity index (χ3v) is 12.4. The largest absolute Gasteiger partial charge is 0.494 e. The molecule has 0 aliphatic carbocycles. The van der Waals surface area contributed by atoms with Crippen LogP contribution >= 0.6 is 0 Å². The van der Waals surface area contributed by atoms with Crippen molar-refractivity contribution in [3.05, 3.63) is 96.1 Å². The number of benzene rings is 6. The number of anilines is 1. The number of fused-ring (bicyclic) bond motifs is 2.